The molecule has 0 atom stereocenters. The molecule has 3 N–H and O–H groups in total. The molecule has 0 bridgehead atoms. The van der Waals surface area contributed by atoms with Crippen molar-refractivity contribution >= 4 is 11.7 Å². The number of pyridine rings is 1. The third kappa shape index (κ3) is 3.60. The molecule has 1 saturated heterocycles. The lowest BCUT2D eigenvalue weighted by molar-refractivity contribution is 0.222. The SMILES string of the molecule is CN1CCC(CN(C)c2ccc(C(N)=NO)cn2)CC1. The van der Waals surface area contributed by atoms with E-state index in [0.717, 1.165) is 18.3 Å². The second-order valence-corrected chi connectivity index (χ2v) is 5.52. The van der Waals surface area contributed by atoms with Crippen molar-refractivity contribution in [3.8, 4) is 0 Å². The number of amidine groups is 1. The van der Waals surface area contributed by atoms with Gasteiger partial charge in [-0.15, -0.1) is 0 Å². The Kier molecular flexibility index (Phi) is 4.79. The zero-order chi connectivity index (χ0) is 14.5. The van der Waals surface area contributed by atoms with E-state index >= 15 is 0 Å². The highest BCUT2D eigenvalue weighted by Crippen LogP contribution is 2.19. The fourth-order valence-corrected chi connectivity index (χ4v) is 2.55. The molecule has 6 heteroatoms. The molecule has 1 aromatic rings. The van der Waals surface area contributed by atoms with Gasteiger partial charge in [0.1, 0.15) is 5.82 Å². The molecule has 20 heavy (non-hydrogen) atoms. The maximum absolute atomic E-state index is 8.63. The molecule has 1 aliphatic rings. The van der Waals surface area contributed by atoms with Gasteiger partial charge in [-0.2, -0.15) is 0 Å². The lowest BCUT2D eigenvalue weighted by atomic mass is 9.97. The third-order valence-corrected chi connectivity index (χ3v) is 3.91. The van der Waals surface area contributed by atoms with Crippen LogP contribution in [0.2, 0.25) is 0 Å². The van der Waals surface area contributed by atoms with E-state index in [4.69, 9.17) is 10.9 Å². The van der Waals surface area contributed by atoms with Crippen LogP contribution in [0.5, 0.6) is 0 Å². The summed E-state index contributed by atoms with van der Waals surface area (Å²) in [5, 5.41) is 11.6. The van der Waals surface area contributed by atoms with E-state index in [2.05, 4.69) is 34.0 Å². The summed E-state index contributed by atoms with van der Waals surface area (Å²) in [4.78, 5) is 8.92. The van der Waals surface area contributed by atoms with Crippen molar-refractivity contribution in [3.05, 3.63) is 23.9 Å². The maximum Gasteiger partial charge on any atom is 0.171 e. The largest absolute Gasteiger partial charge is 0.409 e. The first-order valence-corrected chi connectivity index (χ1v) is 6.93. The number of piperidine rings is 1. The van der Waals surface area contributed by atoms with E-state index in [-0.39, 0.29) is 5.84 Å². The number of oxime groups is 1. The number of nitrogens with zero attached hydrogens (tertiary/aromatic N) is 4. The van der Waals surface area contributed by atoms with E-state index in [1.807, 2.05) is 12.1 Å². The smallest absolute Gasteiger partial charge is 0.171 e. The van der Waals surface area contributed by atoms with Gasteiger partial charge in [0, 0.05) is 25.4 Å². The quantitative estimate of drug-likeness (QED) is 0.371. The zero-order valence-corrected chi connectivity index (χ0v) is 12.2. The molecule has 0 aromatic carbocycles. The molecule has 2 rings (SSSR count). The third-order valence-electron chi connectivity index (χ3n) is 3.91. The zero-order valence-electron chi connectivity index (χ0n) is 12.2. The molecule has 0 unspecified atom stereocenters. The van der Waals surface area contributed by atoms with Crippen LogP contribution < -0.4 is 10.6 Å². The van der Waals surface area contributed by atoms with Crippen LogP contribution in [0.15, 0.2) is 23.5 Å². The number of nitrogens with two attached hydrogens (primary N) is 1. The van der Waals surface area contributed by atoms with Crippen molar-refractivity contribution in [1.29, 1.82) is 0 Å². The molecule has 1 fully saturated rings. The minimum absolute atomic E-state index is 0.0852. The Morgan fingerprint density at radius 3 is 2.75 bits per heavy atom. The summed E-state index contributed by atoms with van der Waals surface area (Å²) in [5.41, 5.74) is 6.15. The standard InChI is InChI=1S/C14H23N5O/c1-18-7-5-11(6-8-18)10-19(2)13-4-3-12(9-16-13)14(15)17-20/h3-4,9,11,20H,5-8,10H2,1-2H3,(H2,15,17). The minimum atomic E-state index is 0.0852. The molecule has 6 nitrogen and oxygen atoms in total. The molecule has 1 aliphatic heterocycles. The first-order valence-electron chi connectivity index (χ1n) is 6.93. The molecular formula is C14H23N5O. The van der Waals surface area contributed by atoms with E-state index in [1.54, 1.807) is 6.20 Å². The average Bonchev–Trinajstić information content (AvgIpc) is 2.49. The Bertz CT molecular complexity index is 451. The number of anilines is 1. The summed E-state index contributed by atoms with van der Waals surface area (Å²) < 4.78 is 0. The predicted octanol–water partition coefficient (Wildman–Crippen LogP) is 0.954. The molecule has 1 aromatic heterocycles. The van der Waals surface area contributed by atoms with Gasteiger partial charge in [-0.25, -0.2) is 4.98 Å². The second kappa shape index (κ2) is 6.56. The number of hydrogen-bond acceptors (Lipinski definition) is 5. The van der Waals surface area contributed by atoms with Crippen LogP contribution in [-0.4, -0.2) is 54.7 Å². The van der Waals surface area contributed by atoms with Gasteiger partial charge in [-0.3, -0.25) is 0 Å². The van der Waals surface area contributed by atoms with E-state index in [9.17, 15) is 0 Å². The summed E-state index contributed by atoms with van der Waals surface area (Å²) >= 11 is 0. The van der Waals surface area contributed by atoms with Crippen LogP contribution in [0.25, 0.3) is 0 Å². The Labute approximate surface area is 119 Å². The number of likely N-dealkylation sites (tertiary alicyclic amines) is 1. The second-order valence-electron chi connectivity index (χ2n) is 5.52. The lowest BCUT2D eigenvalue weighted by Gasteiger charge is -2.32. The van der Waals surface area contributed by atoms with Crippen molar-refractivity contribution in [2.75, 3.05) is 38.6 Å². The average molecular weight is 277 g/mol. The van der Waals surface area contributed by atoms with Gasteiger partial charge in [0.25, 0.3) is 0 Å². The Hall–Kier alpha value is -1.82. The summed E-state index contributed by atoms with van der Waals surface area (Å²) in [7, 11) is 4.23. The Morgan fingerprint density at radius 1 is 1.50 bits per heavy atom. The highest BCUT2D eigenvalue weighted by molar-refractivity contribution is 5.96. The van der Waals surface area contributed by atoms with Gasteiger partial charge >= 0.3 is 0 Å². The monoisotopic (exact) mass is 277 g/mol. The Balaban J connectivity index is 1.94. The number of rotatable bonds is 4. The topological polar surface area (TPSA) is 78.0 Å². The van der Waals surface area contributed by atoms with Gasteiger partial charge in [0.15, 0.2) is 5.84 Å². The summed E-state index contributed by atoms with van der Waals surface area (Å²) in [6.45, 7) is 3.37. The predicted molar refractivity (Wildman–Crippen MR) is 80.2 cm³/mol. The van der Waals surface area contributed by atoms with E-state index in [0.29, 0.717) is 5.56 Å². The molecular weight excluding hydrogens is 254 g/mol. The summed E-state index contributed by atoms with van der Waals surface area (Å²) in [6.07, 6.45) is 4.11. The number of aromatic nitrogens is 1. The normalized spacial score (nSPS) is 18.2. The van der Waals surface area contributed by atoms with Crippen LogP contribution >= 0.6 is 0 Å². The van der Waals surface area contributed by atoms with Gasteiger partial charge in [-0.05, 0) is 51.0 Å². The number of hydrogen-bond donors (Lipinski definition) is 2. The van der Waals surface area contributed by atoms with Crippen molar-refractivity contribution in [2.24, 2.45) is 16.8 Å². The van der Waals surface area contributed by atoms with Crippen molar-refractivity contribution in [2.45, 2.75) is 12.8 Å². The molecule has 110 valence electrons. The van der Waals surface area contributed by atoms with Crippen LogP contribution in [-0.2, 0) is 0 Å². The fraction of sp³-hybridized carbons (Fsp3) is 0.571. The first kappa shape index (κ1) is 14.6. The van der Waals surface area contributed by atoms with Crippen molar-refractivity contribution < 1.29 is 5.21 Å². The highest BCUT2D eigenvalue weighted by atomic mass is 16.4. The molecule has 0 saturated carbocycles. The van der Waals surface area contributed by atoms with Crippen LogP contribution in [0, 0.1) is 5.92 Å². The van der Waals surface area contributed by atoms with Gasteiger partial charge in [0.2, 0.25) is 0 Å². The minimum Gasteiger partial charge on any atom is -0.409 e. The first-order chi connectivity index (χ1) is 9.60. The van der Waals surface area contributed by atoms with Crippen LogP contribution in [0.4, 0.5) is 5.82 Å². The lowest BCUT2D eigenvalue weighted by Crippen LogP contribution is -2.36. The van der Waals surface area contributed by atoms with Gasteiger partial charge < -0.3 is 20.7 Å². The Morgan fingerprint density at radius 2 is 2.20 bits per heavy atom. The van der Waals surface area contributed by atoms with Crippen LogP contribution in [0.3, 0.4) is 0 Å². The van der Waals surface area contributed by atoms with Gasteiger partial charge in [-0.1, -0.05) is 5.16 Å². The molecule has 0 radical (unpaired) electrons. The summed E-state index contributed by atoms with van der Waals surface area (Å²) in [5.74, 6) is 1.72. The summed E-state index contributed by atoms with van der Waals surface area (Å²) in [6, 6.07) is 3.73. The van der Waals surface area contributed by atoms with Crippen molar-refractivity contribution in [1.82, 2.24) is 9.88 Å². The highest BCUT2D eigenvalue weighted by Gasteiger charge is 2.18. The van der Waals surface area contributed by atoms with E-state index < -0.39 is 0 Å². The molecule has 0 aliphatic carbocycles. The molecule has 2 heterocycles. The molecule has 0 amide bonds. The van der Waals surface area contributed by atoms with Crippen LogP contribution in [0.1, 0.15) is 18.4 Å². The van der Waals surface area contributed by atoms with Gasteiger partial charge in [0.05, 0.1) is 0 Å². The van der Waals surface area contributed by atoms with E-state index in [1.165, 1.54) is 25.9 Å². The fourth-order valence-electron chi connectivity index (χ4n) is 2.55. The maximum atomic E-state index is 8.63. The van der Waals surface area contributed by atoms with Crippen molar-refractivity contribution in [3.63, 3.8) is 0 Å². The molecule has 0 spiro atoms.